The first-order valence-corrected chi connectivity index (χ1v) is 1.88. The largest absolute Gasteiger partial charge is 0.479 e. The molecule has 1 heterocycles. The summed E-state index contributed by atoms with van der Waals surface area (Å²) >= 11 is 0. The Kier molecular flexibility index (Phi) is 0.560. The van der Waals surface area contributed by atoms with Crippen LogP contribution in [0.2, 0.25) is 0 Å². The van der Waals surface area contributed by atoms with Gasteiger partial charge in [-0.15, -0.1) is 0 Å². The highest BCUT2D eigenvalue weighted by molar-refractivity contribution is 5.74. The first-order chi connectivity index (χ1) is 3.29. The Hall–Kier alpha value is -0.530. The molecule has 1 aliphatic heterocycles. The molecular formula is C4H7NO. The molecule has 1 aliphatic rings. The van der Waals surface area contributed by atoms with Gasteiger partial charge in [0.15, 0.2) is 5.90 Å². The summed E-state index contributed by atoms with van der Waals surface area (Å²) in [5.41, 5.74) is 0. The minimum Gasteiger partial charge on any atom is -0.479 e. The molecule has 1 rings (SSSR count). The molecule has 0 spiro atoms. The summed E-state index contributed by atoms with van der Waals surface area (Å²) in [4.78, 5) is 3.75. The van der Waals surface area contributed by atoms with Crippen molar-refractivity contribution in [3.05, 3.63) is 0 Å². The van der Waals surface area contributed by atoms with E-state index in [0.717, 1.165) is 0 Å². The molecule has 0 saturated heterocycles. The van der Waals surface area contributed by atoms with Crippen LogP contribution < -0.4 is 0 Å². The van der Waals surface area contributed by atoms with Crippen LogP contribution in [0, 0.1) is 0 Å². The van der Waals surface area contributed by atoms with Crippen molar-refractivity contribution in [3.63, 3.8) is 0 Å². The van der Waals surface area contributed by atoms with E-state index in [-0.39, 0.29) is 6.52 Å². The zero-order valence-electron chi connectivity index (χ0n) is 4.64. The van der Waals surface area contributed by atoms with Crippen molar-refractivity contribution < 1.29 is 6.11 Å². The summed E-state index contributed by atoms with van der Waals surface area (Å²) in [7, 11) is 0. The van der Waals surface area contributed by atoms with Gasteiger partial charge in [-0.3, -0.25) is 4.99 Å². The van der Waals surface area contributed by atoms with E-state index in [9.17, 15) is 0 Å². The smallest absolute Gasteiger partial charge is 0.180 e. The van der Waals surface area contributed by atoms with E-state index in [1.54, 1.807) is 6.92 Å². The fourth-order valence-electron chi connectivity index (χ4n) is 0.361. The van der Waals surface area contributed by atoms with Crippen molar-refractivity contribution in [2.75, 3.05) is 13.1 Å². The summed E-state index contributed by atoms with van der Waals surface area (Å²) < 4.78 is 11.8. The Morgan fingerprint density at radius 2 is 3.00 bits per heavy atom. The molecule has 2 heteroatoms. The molecular weight excluding hydrogens is 78.0 g/mol. The molecule has 0 aliphatic carbocycles. The maximum atomic E-state index is 6.95. The second-order valence-electron chi connectivity index (χ2n) is 1.14. The van der Waals surface area contributed by atoms with E-state index in [1.807, 2.05) is 0 Å². The van der Waals surface area contributed by atoms with Gasteiger partial charge in [0.2, 0.25) is 0 Å². The Balaban J connectivity index is 2.50. The third-order valence-corrected chi connectivity index (χ3v) is 0.640. The van der Waals surface area contributed by atoms with Gasteiger partial charge in [0.25, 0.3) is 0 Å². The maximum absolute atomic E-state index is 6.95. The summed E-state index contributed by atoms with van der Waals surface area (Å²) in [6.07, 6.45) is 0. The number of nitrogens with zero attached hydrogens (tertiary/aromatic N) is 1. The Labute approximate surface area is 38.2 Å². The van der Waals surface area contributed by atoms with Gasteiger partial charge < -0.3 is 4.74 Å². The highest BCUT2D eigenvalue weighted by Crippen LogP contribution is 1.89. The molecule has 0 aromatic rings. The maximum Gasteiger partial charge on any atom is 0.180 e. The average molecular weight is 86.1 g/mol. The number of aliphatic imine (C=N–C) groups is 1. The quantitative estimate of drug-likeness (QED) is 0.419. The first-order valence-electron chi connectivity index (χ1n) is 2.46. The van der Waals surface area contributed by atoms with Gasteiger partial charge in [-0.25, -0.2) is 0 Å². The second-order valence-corrected chi connectivity index (χ2v) is 1.14. The van der Waals surface area contributed by atoms with Crippen LogP contribution >= 0.6 is 0 Å². The van der Waals surface area contributed by atoms with Crippen LogP contribution in [0.15, 0.2) is 4.99 Å². The zero-order chi connectivity index (χ0) is 5.28. The standard InChI is InChI=1S/C4H7NO/c1-4-5-2-3-6-4/h2-3H2,1H3/i2D. The molecule has 1 unspecified atom stereocenters. The van der Waals surface area contributed by atoms with Gasteiger partial charge >= 0.3 is 0 Å². The van der Waals surface area contributed by atoms with Crippen LogP contribution in [0.4, 0.5) is 0 Å². The lowest BCUT2D eigenvalue weighted by Gasteiger charge is -1.86. The Morgan fingerprint density at radius 1 is 2.17 bits per heavy atom. The summed E-state index contributed by atoms with van der Waals surface area (Å²) in [5, 5.41) is 0. The highest BCUT2D eigenvalue weighted by Gasteiger charge is 1.96. The van der Waals surface area contributed by atoms with Gasteiger partial charge in [-0.05, 0) is 0 Å². The summed E-state index contributed by atoms with van der Waals surface area (Å²) in [6.45, 7) is 1.83. The van der Waals surface area contributed by atoms with E-state index in [1.165, 1.54) is 0 Å². The van der Waals surface area contributed by atoms with Crippen molar-refractivity contribution in [1.82, 2.24) is 0 Å². The topological polar surface area (TPSA) is 21.6 Å². The van der Waals surface area contributed by atoms with Crippen molar-refractivity contribution in [2.45, 2.75) is 6.92 Å². The van der Waals surface area contributed by atoms with Crippen molar-refractivity contribution in [3.8, 4) is 0 Å². The molecule has 0 bridgehead atoms. The van der Waals surface area contributed by atoms with Gasteiger partial charge in [-0.1, -0.05) is 0 Å². The molecule has 6 heavy (non-hydrogen) atoms. The first kappa shape index (κ1) is 2.61. The number of hydrogen-bond acceptors (Lipinski definition) is 2. The lowest BCUT2D eigenvalue weighted by Crippen LogP contribution is -1.89. The van der Waals surface area contributed by atoms with Crippen molar-refractivity contribution in [1.29, 1.82) is 0 Å². The van der Waals surface area contributed by atoms with Crippen LogP contribution in [0.3, 0.4) is 0 Å². The van der Waals surface area contributed by atoms with Gasteiger partial charge in [-0.2, -0.15) is 0 Å². The minimum atomic E-state index is -0.361. The van der Waals surface area contributed by atoms with E-state index in [0.29, 0.717) is 12.5 Å². The van der Waals surface area contributed by atoms with E-state index in [2.05, 4.69) is 4.99 Å². The Bertz CT molecular complexity index is 102. The molecule has 34 valence electrons. The van der Waals surface area contributed by atoms with E-state index < -0.39 is 0 Å². The predicted octanol–water partition coefficient (Wildman–Crippen LogP) is 0.435. The van der Waals surface area contributed by atoms with Gasteiger partial charge in [0.1, 0.15) is 6.61 Å². The van der Waals surface area contributed by atoms with E-state index >= 15 is 0 Å². The van der Waals surface area contributed by atoms with Crippen LogP contribution in [0.5, 0.6) is 0 Å². The Morgan fingerprint density at radius 3 is 3.17 bits per heavy atom. The highest BCUT2D eigenvalue weighted by atomic mass is 16.5. The van der Waals surface area contributed by atoms with Crippen molar-refractivity contribution >= 4 is 5.90 Å². The number of rotatable bonds is 0. The molecule has 0 radical (unpaired) electrons. The molecule has 2 nitrogen and oxygen atoms in total. The third kappa shape index (κ3) is 0.506. The molecule has 0 fully saturated rings. The molecule has 0 saturated carbocycles. The number of hydrogen-bond donors (Lipinski definition) is 0. The normalized spacial score (nSPS) is 34.5. The van der Waals surface area contributed by atoms with Crippen LogP contribution in [-0.4, -0.2) is 19.0 Å². The van der Waals surface area contributed by atoms with Crippen LogP contribution in [0.25, 0.3) is 0 Å². The lowest BCUT2D eigenvalue weighted by molar-refractivity contribution is 0.345. The SMILES string of the molecule is [2H]C1COC(C)=N1. The number of ether oxygens (including phenoxy) is 1. The van der Waals surface area contributed by atoms with Crippen molar-refractivity contribution in [2.24, 2.45) is 4.99 Å². The lowest BCUT2D eigenvalue weighted by atomic mass is 10.8. The van der Waals surface area contributed by atoms with Crippen LogP contribution in [-0.2, 0) is 4.74 Å². The fraction of sp³-hybridized carbons (Fsp3) is 0.750. The predicted molar refractivity (Wildman–Crippen MR) is 23.9 cm³/mol. The molecule has 1 atom stereocenters. The second kappa shape index (κ2) is 1.29. The van der Waals surface area contributed by atoms with Crippen LogP contribution in [0.1, 0.15) is 8.29 Å². The molecule has 0 amide bonds. The molecule has 0 aromatic heterocycles. The third-order valence-electron chi connectivity index (χ3n) is 0.640. The van der Waals surface area contributed by atoms with Gasteiger partial charge in [0.05, 0.1) is 7.89 Å². The molecule has 0 aromatic carbocycles. The summed E-state index contributed by atoms with van der Waals surface area (Å²) in [5.74, 6) is 0.639. The van der Waals surface area contributed by atoms with Gasteiger partial charge in [0, 0.05) is 6.92 Å². The monoisotopic (exact) mass is 86.1 g/mol. The fourth-order valence-corrected chi connectivity index (χ4v) is 0.361. The zero-order valence-corrected chi connectivity index (χ0v) is 3.64. The van der Waals surface area contributed by atoms with E-state index in [4.69, 9.17) is 6.11 Å². The molecule has 0 N–H and O–H groups in total. The average Bonchev–Trinajstić information content (AvgIpc) is 1.87. The summed E-state index contributed by atoms with van der Waals surface area (Å²) in [6, 6.07) is 0. The minimum absolute atomic E-state index is 0.361.